The summed E-state index contributed by atoms with van der Waals surface area (Å²) in [6.07, 6.45) is 9.01. The molecule has 2 atom stereocenters. The summed E-state index contributed by atoms with van der Waals surface area (Å²) in [5.74, 6) is 1.57. The van der Waals surface area contributed by atoms with Gasteiger partial charge in [0.05, 0.1) is 17.2 Å². The van der Waals surface area contributed by atoms with Crippen molar-refractivity contribution < 1.29 is 9.59 Å². The van der Waals surface area contributed by atoms with Crippen molar-refractivity contribution in [3.63, 3.8) is 0 Å². The lowest BCUT2D eigenvalue weighted by molar-refractivity contribution is -0.114. The van der Waals surface area contributed by atoms with Crippen LogP contribution in [0.25, 0.3) is 0 Å². The van der Waals surface area contributed by atoms with E-state index in [1.165, 1.54) is 39.7 Å². The number of hydrogen-bond donors (Lipinski definition) is 2. The van der Waals surface area contributed by atoms with Crippen molar-refractivity contribution in [3.8, 4) is 0 Å². The molecule has 1 fully saturated rings. The summed E-state index contributed by atoms with van der Waals surface area (Å²) in [7, 11) is 0. The molecule has 30 heavy (non-hydrogen) atoms. The van der Waals surface area contributed by atoms with Crippen molar-refractivity contribution in [2.45, 2.75) is 50.9 Å². The number of hydrogen-bond acceptors (Lipinski definition) is 9. The number of anilines is 2. The number of rotatable bonds is 9. The Morgan fingerprint density at radius 1 is 1.00 bits per heavy atom. The average Bonchev–Trinajstić information content (AvgIpc) is 3.35. The monoisotopic (exact) mass is 485 g/mol. The standard InChI is InChI=1S/C19H27N5O2S4/c1-4-13-16(29-18(20-13)21-14(25)9-27-2)11-6-5-7-12(8-11)17-23-24-19(30-17)22-15(26)10-28-3/h11-12H,4-10H2,1-3H3,(H,20,21,25)(H,22,24,26). The third kappa shape index (κ3) is 6.18. The van der Waals surface area contributed by atoms with E-state index in [0.717, 1.165) is 42.8 Å². The van der Waals surface area contributed by atoms with Crippen LogP contribution in [0.4, 0.5) is 10.3 Å². The molecule has 0 radical (unpaired) electrons. The van der Waals surface area contributed by atoms with Gasteiger partial charge >= 0.3 is 0 Å². The summed E-state index contributed by atoms with van der Waals surface area (Å²) in [4.78, 5) is 29.7. The first-order valence-corrected chi connectivity index (χ1v) is 14.4. The molecule has 2 unspecified atom stereocenters. The van der Waals surface area contributed by atoms with Gasteiger partial charge in [-0.05, 0) is 44.1 Å². The Kier molecular flexibility index (Phi) is 8.97. The Hall–Kier alpha value is -1.17. The van der Waals surface area contributed by atoms with E-state index in [0.29, 0.717) is 33.6 Å². The van der Waals surface area contributed by atoms with E-state index in [-0.39, 0.29) is 11.8 Å². The van der Waals surface area contributed by atoms with Crippen molar-refractivity contribution in [2.75, 3.05) is 34.7 Å². The van der Waals surface area contributed by atoms with Crippen LogP contribution in [-0.2, 0) is 16.0 Å². The number of thioether (sulfide) groups is 2. The Bertz CT molecular complexity index is 869. The third-order valence-corrected chi connectivity index (χ3v) is 8.22. The van der Waals surface area contributed by atoms with Crippen LogP contribution in [0.5, 0.6) is 0 Å². The van der Waals surface area contributed by atoms with Gasteiger partial charge in [0.2, 0.25) is 16.9 Å². The van der Waals surface area contributed by atoms with E-state index in [4.69, 9.17) is 0 Å². The van der Waals surface area contributed by atoms with Gasteiger partial charge in [-0.25, -0.2) is 4.98 Å². The zero-order chi connectivity index (χ0) is 21.5. The zero-order valence-corrected chi connectivity index (χ0v) is 20.7. The van der Waals surface area contributed by atoms with Crippen molar-refractivity contribution in [1.82, 2.24) is 15.2 Å². The molecule has 0 saturated heterocycles. The summed E-state index contributed by atoms with van der Waals surface area (Å²) in [6, 6.07) is 0. The molecule has 0 aliphatic heterocycles. The van der Waals surface area contributed by atoms with Crippen molar-refractivity contribution in [1.29, 1.82) is 0 Å². The van der Waals surface area contributed by atoms with Gasteiger partial charge < -0.3 is 5.32 Å². The highest BCUT2D eigenvalue weighted by atomic mass is 32.2. The minimum atomic E-state index is -0.0417. The van der Waals surface area contributed by atoms with E-state index in [1.54, 1.807) is 11.3 Å². The minimum Gasteiger partial charge on any atom is -0.301 e. The van der Waals surface area contributed by atoms with Crippen LogP contribution in [0.15, 0.2) is 0 Å². The molecule has 2 heterocycles. The second kappa shape index (κ2) is 11.4. The molecule has 0 bridgehead atoms. The second-order valence-corrected chi connectivity index (χ2v) is 10.9. The molecule has 2 aromatic heterocycles. The average molecular weight is 486 g/mol. The summed E-state index contributed by atoms with van der Waals surface area (Å²) in [5.41, 5.74) is 1.09. The number of aryl methyl sites for hydroxylation is 1. The van der Waals surface area contributed by atoms with Gasteiger partial charge in [0, 0.05) is 10.8 Å². The number of nitrogens with zero attached hydrogens (tertiary/aromatic N) is 3. The van der Waals surface area contributed by atoms with Crippen molar-refractivity contribution >= 4 is 68.3 Å². The van der Waals surface area contributed by atoms with Crippen LogP contribution in [0.3, 0.4) is 0 Å². The lowest BCUT2D eigenvalue weighted by Crippen LogP contribution is -2.13. The lowest BCUT2D eigenvalue weighted by Gasteiger charge is -2.27. The first kappa shape index (κ1) is 23.5. The largest absolute Gasteiger partial charge is 0.301 e. The fourth-order valence-corrected chi connectivity index (χ4v) is 6.46. The van der Waals surface area contributed by atoms with Crippen LogP contribution in [0.1, 0.15) is 60.0 Å². The van der Waals surface area contributed by atoms with Gasteiger partial charge in [0.15, 0.2) is 5.13 Å². The van der Waals surface area contributed by atoms with Gasteiger partial charge in [-0.3, -0.25) is 14.9 Å². The molecule has 1 aliphatic rings. The van der Waals surface area contributed by atoms with E-state index in [2.05, 4.69) is 32.7 Å². The maximum Gasteiger partial charge on any atom is 0.236 e. The second-order valence-electron chi connectivity index (χ2n) is 7.15. The fourth-order valence-electron chi connectivity index (χ4n) is 3.66. The van der Waals surface area contributed by atoms with Crippen molar-refractivity contribution in [2.24, 2.45) is 0 Å². The molecule has 1 aliphatic carbocycles. The van der Waals surface area contributed by atoms with Crippen LogP contribution >= 0.6 is 46.2 Å². The summed E-state index contributed by atoms with van der Waals surface area (Å²) in [6.45, 7) is 2.11. The number of nitrogens with one attached hydrogen (secondary N) is 2. The molecule has 2 amide bonds. The number of amides is 2. The molecule has 7 nitrogen and oxygen atoms in total. The van der Waals surface area contributed by atoms with E-state index in [9.17, 15) is 9.59 Å². The minimum absolute atomic E-state index is 0.00289. The zero-order valence-electron chi connectivity index (χ0n) is 17.4. The van der Waals surface area contributed by atoms with Gasteiger partial charge in [-0.1, -0.05) is 24.7 Å². The molecule has 2 N–H and O–H groups in total. The normalized spacial score (nSPS) is 18.9. The number of aromatic nitrogens is 3. The predicted octanol–water partition coefficient (Wildman–Crippen LogP) is 4.60. The van der Waals surface area contributed by atoms with Crippen LogP contribution in [0.2, 0.25) is 0 Å². The van der Waals surface area contributed by atoms with Crippen LogP contribution in [-0.4, -0.2) is 51.0 Å². The maximum absolute atomic E-state index is 11.9. The summed E-state index contributed by atoms with van der Waals surface area (Å²) in [5, 5.41) is 16.6. The Morgan fingerprint density at radius 2 is 1.67 bits per heavy atom. The molecule has 164 valence electrons. The molecule has 3 rings (SSSR count). The van der Waals surface area contributed by atoms with Crippen LogP contribution < -0.4 is 10.6 Å². The quantitative estimate of drug-likeness (QED) is 0.536. The highest BCUT2D eigenvalue weighted by Crippen LogP contribution is 2.45. The number of thiazole rings is 1. The van der Waals surface area contributed by atoms with Crippen LogP contribution in [0, 0.1) is 0 Å². The molecular weight excluding hydrogens is 459 g/mol. The first-order valence-electron chi connectivity index (χ1n) is 9.94. The van der Waals surface area contributed by atoms with Gasteiger partial charge in [0.1, 0.15) is 5.01 Å². The van der Waals surface area contributed by atoms with E-state index < -0.39 is 0 Å². The topological polar surface area (TPSA) is 96.9 Å². The Labute approximate surface area is 193 Å². The smallest absolute Gasteiger partial charge is 0.236 e. The highest BCUT2D eigenvalue weighted by Gasteiger charge is 2.30. The molecule has 0 aromatic carbocycles. The summed E-state index contributed by atoms with van der Waals surface area (Å²) < 4.78 is 0. The van der Waals surface area contributed by atoms with E-state index in [1.807, 2.05) is 12.5 Å². The van der Waals surface area contributed by atoms with Gasteiger partial charge in [-0.15, -0.1) is 21.5 Å². The summed E-state index contributed by atoms with van der Waals surface area (Å²) >= 11 is 6.09. The number of carbonyl (C=O) groups is 2. The van der Waals surface area contributed by atoms with Gasteiger partial charge in [0.25, 0.3) is 0 Å². The highest BCUT2D eigenvalue weighted by molar-refractivity contribution is 7.99. The maximum atomic E-state index is 11.9. The molecule has 11 heteroatoms. The number of carbonyl (C=O) groups excluding carboxylic acids is 2. The predicted molar refractivity (Wildman–Crippen MR) is 129 cm³/mol. The fraction of sp³-hybridized carbons (Fsp3) is 0.632. The van der Waals surface area contributed by atoms with Gasteiger partial charge in [-0.2, -0.15) is 23.5 Å². The molecule has 1 saturated carbocycles. The molecule has 0 spiro atoms. The Balaban J connectivity index is 1.69. The Morgan fingerprint density at radius 3 is 2.33 bits per heavy atom. The SMILES string of the molecule is CCc1nc(NC(=O)CSC)sc1C1CCCC(c2nnc(NC(=O)CSC)s2)C1. The first-order chi connectivity index (χ1) is 14.5. The molecule has 2 aromatic rings. The third-order valence-electron chi connectivity index (χ3n) is 4.94. The van der Waals surface area contributed by atoms with E-state index >= 15 is 0 Å². The van der Waals surface area contributed by atoms with Crippen molar-refractivity contribution in [3.05, 3.63) is 15.6 Å². The lowest BCUT2D eigenvalue weighted by atomic mass is 9.80. The molecular formula is C19H27N5O2S4.